The molecule has 0 radical (unpaired) electrons. The first-order valence-electron chi connectivity index (χ1n) is 13.7. The Balaban J connectivity index is 1.25. The van der Waals surface area contributed by atoms with Gasteiger partial charge in [0, 0.05) is 18.5 Å². The molecule has 4 aliphatic rings. The van der Waals surface area contributed by atoms with Gasteiger partial charge < -0.3 is 23.8 Å². The lowest BCUT2D eigenvalue weighted by molar-refractivity contribution is -0.158. The van der Waals surface area contributed by atoms with Crippen molar-refractivity contribution in [1.29, 1.82) is 0 Å². The van der Waals surface area contributed by atoms with E-state index in [-0.39, 0.29) is 38.3 Å². The molecule has 41 heavy (non-hydrogen) atoms. The van der Waals surface area contributed by atoms with E-state index in [1.165, 1.54) is 6.07 Å². The highest BCUT2D eigenvalue weighted by Gasteiger charge is 2.44. The summed E-state index contributed by atoms with van der Waals surface area (Å²) in [5.74, 6) is 0.122. The van der Waals surface area contributed by atoms with Crippen LogP contribution in [0.15, 0.2) is 18.2 Å². The third-order valence-electron chi connectivity index (χ3n) is 7.91. The number of nitrogens with one attached hydrogen (secondary N) is 1. The average molecular weight is 576 g/mol. The first-order chi connectivity index (χ1) is 19.4. The number of anilines is 1. The number of carbonyl (C=O) groups excluding carboxylic acids is 2. The van der Waals surface area contributed by atoms with Crippen LogP contribution in [0.1, 0.15) is 78.7 Å². The number of rotatable bonds is 2. The van der Waals surface area contributed by atoms with Gasteiger partial charge in [-0.05, 0) is 68.0 Å². The summed E-state index contributed by atoms with van der Waals surface area (Å²) in [6.07, 6.45) is -4.47. The van der Waals surface area contributed by atoms with Crippen molar-refractivity contribution < 1.29 is 41.7 Å². The molecule has 0 bridgehead atoms. The number of amides is 2. The van der Waals surface area contributed by atoms with Crippen LogP contribution in [0.25, 0.3) is 0 Å². The first-order valence-corrected chi connectivity index (χ1v) is 13.7. The van der Waals surface area contributed by atoms with Crippen LogP contribution in [-0.2, 0) is 62.8 Å². The predicted molar refractivity (Wildman–Crippen MR) is 139 cm³/mol. The molecule has 0 spiro atoms. The van der Waals surface area contributed by atoms with Crippen molar-refractivity contribution in [2.75, 3.05) is 11.9 Å². The SMILES string of the molecule is CC(C)(C)OC(=O)Nc1nc2c(c3c1COC3)C[C@H](C(=O)N1CCC[C@@H]3OCc4cc(C(F)(F)F)ccc4[C@@H]31)OC2. The van der Waals surface area contributed by atoms with Gasteiger partial charge in [-0.1, -0.05) is 6.07 Å². The number of ether oxygens (including phenoxy) is 4. The van der Waals surface area contributed by atoms with Crippen molar-refractivity contribution in [3.63, 3.8) is 0 Å². The van der Waals surface area contributed by atoms with E-state index in [0.717, 1.165) is 35.2 Å². The molecule has 0 unspecified atom stereocenters. The second-order valence-electron chi connectivity index (χ2n) is 11.8. The molecule has 2 amide bonds. The quantitative estimate of drug-likeness (QED) is 0.527. The van der Waals surface area contributed by atoms with E-state index in [2.05, 4.69) is 10.3 Å². The number of piperidine rings is 1. The first kappa shape index (κ1) is 27.9. The zero-order valence-electron chi connectivity index (χ0n) is 23.1. The van der Waals surface area contributed by atoms with E-state index in [0.29, 0.717) is 42.2 Å². The van der Waals surface area contributed by atoms with Crippen molar-refractivity contribution in [2.45, 2.75) is 96.5 Å². The number of hydrogen-bond acceptors (Lipinski definition) is 7. The van der Waals surface area contributed by atoms with Crippen LogP contribution in [0.5, 0.6) is 0 Å². The largest absolute Gasteiger partial charge is 0.444 e. The van der Waals surface area contributed by atoms with E-state index in [1.54, 1.807) is 25.7 Å². The summed E-state index contributed by atoms with van der Waals surface area (Å²) in [7, 11) is 0. The fourth-order valence-corrected chi connectivity index (χ4v) is 6.13. The summed E-state index contributed by atoms with van der Waals surface area (Å²) < 4.78 is 63.1. The molecule has 3 atom stereocenters. The molecule has 6 rings (SSSR count). The topological polar surface area (TPSA) is 99.2 Å². The molecule has 1 N–H and O–H groups in total. The molecule has 1 saturated heterocycles. The van der Waals surface area contributed by atoms with E-state index >= 15 is 0 Å². The lowest BCUT2D eigenvalue weighted by Gasteiger charge is -2.46. The van der Waals surface area contributed by atoms with Crippen LogP contribution in [0, 0.1) is 0 Å². The number of likely N-dealkylation sites (tertiary alicyclic amines) is 1. The van der Waals surface area contributed by atoms with Crippen LogP contribution in [0.2, 0.25) is 0 Å². The van der Waals surface area contributed by atoms with Gasteiger partial charge >= 0.3 is 12.3 Å². The molecule has 4 aliphatic heterocycles. The van der Waals surface area contributed by atoms with Gasteiger partial charge in [0.25, 0.3) is 5.91 Å². The van der Waals surface area contributed by atoms with E-state index in [4.69, 9.17) is 18.9 Å². The molecule has 0 saturated carbocycles. The van der Waals surface area contributed by atoms with Gasteiger partial charge in [0.05, 0.1) is 49.8 Å². The smallest absolute Gasteiger partial charge is 0.416 e. The third-order valence-corrected chi connectivity index (χ3v) is 7.91. The number of alkyl halides is 3. The maximum Gasteiger partial charge on any atom is 0.416 e. The number of benzene rings is 1. The Hall–Kier alpha value is -3.22. The number of nitrogens with zero attached hydrogens (tertiary/aromatic N) is 2. The highest BCUT2D eigenvalue weighted by molar-refractivity contribution is 5.85. The lowest BCUT2D eigenvalue weighted by atomic mass is 9.85. The minimum absolute atomic E-state index is 0.0615. The van der Waals surface area contributed by atoms with Crippen LogP contribution >= 0.6 is 0 Å². The Morgan fingerprint density at radius 3 is 2.59 bits per heavy atom. The maximum absolute atomic E-state index is 13.9. The fraction of sp³-hybridized carbons (Fsp3) is 0.552. The lowest BCUT2D eigenvalue weighted by Crippen LogP contribution is -2.52. The minimum atomic E-state index is -4.46. The molecule has 9 nitrogen and oxygen atoms in total. The Labute approximate surface area is 235 Å². The van der Waals surface area contributed by atoms with Crippen LogP contribution < -0.4 is 5.32 Å². The summed E-state index contributed by atoms with van der Waals surface area (Å²) in [4.78, 5) is 32.7. The van der Waals surface area contributed by atoms with Gasteiger partial charge in [-0.2, -0.15) is 13.2 Å². The predicted octanol–water partition coefficient (Wildman–Crippen LogP) is 5.18. The van der Waals surface area contributed by atoms with Gasteiger partial charge in [0.1, 0.15) is 17.5 Å². The van der Waals surface area contributed by atoms with E-state index < -0.39 is 35.6 Å². The van der Waals surface area contributed by atoms with Crippen LogP contribution in [-0.4, -0.2) is 46.2 Å². The molecular formula is C29H32F3N3O6. The van der Waals surface area contributed by atoms with Crippen molar-refractivity contribution in [3.05, 3.63) is 57.3 Å². The zero-order valence-corrected chi connectivity index (χ0v) is 23.1. The summed E-state index contributed by atoms with van der Waals surface area (Å²) in [5, 5.41) is 2.72. The summed E-state index contributed by atoms with van der Waals surface area (Å²) in [6, 6.07) is 3.19. The number of carbonyl (C=O) groups is 2. The van der Waals surface area contributed by atoms with Gasteiger partial charge in [-0.3, -0.25) is 10.1 Å². The van der Waals surface area contributed by atoms with Crippen molar-refractivity contribution in [2.24, 2.45) is 0 Å². The van der Waals surface area contributed by atoms with Crippen molar-refractivity contribution in [3.8, 4) is 0 Å². The number of aromatic nitrogens is 1. The summed E-state index contributed by atoms with van der Waals surface area (Å²) in [5.41, 5.74) is 2.83. The molecule has 0 aliphatic carbocycles. The van der Waals surface area contributed by atoms with Gasteiger partial charge in [0.15, 0.2) is 0 Å². The fourth-order valence-electron chi connectivity index (χ4n) is 6.13. The van der Waals surface area contributed by atoms with Crippen LogP contribution in [0.4, 0.5) is 23.8 Å². The second kappa shape index (κ2) is 10.2. The van der Waals surface area contributed by atoms with Crippen molar-refractivity contribution >= 4 is 17.8 Å². The number of pyridine rings is 1. The highest BCUT2D eigenvalue weighted by atomic mass is 19.4. The van der Waals surface area contributed by atoms with Crippen molar-refractivity contribution in [1.82, 2.24) is 9.88 Å². The Morgan fingerprint density at radius 2 is 1.83 bits per heavy atom. The average Bonchev–Trinajstić information content (AvgIpc) is 3.41. The number of hydrogen-bond donors (Lipinski definition) is 1. The van der Waals surface area contributed by atoms with E-state index in [9.17, 15) is 22.8 Å². The molecule has 12 heteroatoms. The standard InChI is InChI=1S/C29H32F3N3O6/c1-28(2,3)41-27(37)34-25-20-13-38-12-19(20)18-10-23(40-14-21(18)33-25)26(36)35-8-4-5-22-24(35)17-7-6-16(29(30,31)32)9-15(17)11-39-22/h6-7,9,22-24H,4-5,8,10-14H2,1-3H3,(H,33,34,37)/t22-,23+,24-/m0/s1. The molecule has 1 aromatic heterocycles. The number of halogens is 3. The third kappa shape index (κ3) is 5.40. The molecule has 1 fully saturated rings. The number of fused-ring (bicyclic) bond motifs is 6. The monoisotopic (exact) mass is 575 g/mol. The van der Waals surface area contributed by atoms with Gasteiger partial charge in [-0.25, -0.2) is 9.78 Å². The summed E-state index contributed by atoms with van der Waals surface area (Å²) >= 11 is 0. The normalized spacial score (nSPS) is 23.7. The van der Waals surface area contributed by atoms with Gasteiger partial charge in [0.2, 0.25) is 0 Å². The second-order valence-corrected chi connectivity index (χ2v) is 11.8. The molecule has 5 heterocycles. The van der Waals surface area contributed by atoms with Crippen LogP contribution in [0.3, 0.4) is 0 Å². The van der Waals surface area contributed by atoms with E-state index in [1.807, 2.05) is 0 Å². The Kier molecular flexibility index (Phi) is 6.98. The van der Waals surface area contributed by atoms with Gasteiger partial charge in [-0.15, -0.1) is 0 Å². The Bertz CT molecular complexity index is 1390. The molecule has 1 aromatic carbocycles. The summed E-state index contributed by atoms with van der Waals surface area (Å²) in [6.45, 7) is 6.49. The maximum atomic E-state index is 13.9. The zero-order chi connectivity index (χ0) is 29.1. The highest BCUT2D eigenvalue weighted by Crippen LogP contribution is 2.43. The minimum Gasteiger partial charge on any atom is -0.444 e. The molecule has 2 aromatic rings. The molecule has 220 valence electrons. The Morgan fingerprint density at radius 1 is 1.05 bits per heavy atom. The molecular weight excluding hydrogens is 543 g/mol.